The van der Waals surface area contributed by atoms with Crippen LogP contribution in [0.4, 0.5) is 11.4 Å². The largest absolute Gasteiger partial charge is 0.398 e. The van der Waals surface area contributed by atoms with Crippen molar-refractivity contribution in [3.63, 3.8) is 0 Å². The zero-order chi connectivity index (χ0) is 13.0. The minimum atomic E-state index is -0.534. The number of primary amides is 1. The monoisotopic (exact) mass is 237 g/mol. The zero-order valence-electron chi connectivity index (χ0n) is 10.2. The van der Waals surface area contributed by atoms with Gasteiger partial charge in [0.15, 0.2) is 0 Å². The highest BCUT2D eigenvalue weighted by atomic mass is 16.3. The lowest BCUT2D eigenvalue weighted by Gasteiger charge is -2.21. The Kier molecular flexibility index (Phi) is 4.34. The van der Waals surface area contributed by atoms with E-state index in [4.69, 9.17) is 11.5 Å². The lowest BCUT2D eigenvalue weighted by Crippen LogP contribution is -2.22. The molecular formula is C12H19N3O2. The Hall–Kier alpha value is -1.75. The summed E-state index contributed by atoms with van der Waals surface area (Å²) in [6, 6.07) is 5.15. The molecule has 1 unspecified atom stereocenters. The van der Waals surface area contributed by atoms with E-state index in [9.17, 15) is 9.90 Å². The molecule has 0 spiro atoms. The molecule has 0 aromatic heterocycles. The summed E-state index contributed by atoms with van der Waals surface area (Å²) in [6.07, 6.45) is 0.314. The Morgan fingerprint density at radius 2 is 2.18 bits per heavy atom. The van der Waals surface area contributed by atoms with Crippen LogP contribution >= 0.6 is 0 Å². The van der Waals surface area contributed by atoms with Gasteiger partial charge < -0.3 is 21.5 Å². The number of carbonyl (C=O) groups is 1. The van der Waals surface area contributed by atoms with E-state index in [-0.39, 0.29) is 6.10 Å². The minimum Gasteiger partial charge on any atom is -0.398 e. The van der Waals surface area contributed by atoms with Crippen LogP contribution in [0.2, 0.25) is 0 Å². The molecule has 0 heterocycles. The lowest BCUT2D eigenvalue weighted by atomic mass is 10.1. The van der Waals surface area contributed by atoms with Gasteiger partial charge in [-0.25, -0.2) is 0 Å². The average Bonchev–Trinajstić information content (AvgIpc) is 2.26. The second-order valence-corrected chi connectivity index (χ2v) is 4.20. The third-order valence-corrected chi connectivity index (χ3v) is 2.63. The summed E-state index contributed by atoms with van der Waals surface area (Å²) in [6.45, 7) is 2.44. The van der Waals surface area contributed by atoms with Crippen molar-refractivity contribution in [1.82, 2.24) is 0 Å². The first kappa shape index (κ1) is 13.3. The van der Waals surface area contributed by atoms with Gasteiger partial charge in [-0.05, 0) is 31.5 Å². The standard InChI is InChI=1S/C12H19N3O2/c1-8(16)5-6-15(2)9-3-4-11(13)10(7-9)12(14)17/h3-4,7-8,16H,5-6,13H2,1-2H3,(H2,14,17). The molecule has 1 atom stereocenters. The number of benzene rings is 1. The molecule has 0 radical (unpaired) electrons. The summed E-state index contributed by atoms with van der Waals surface area (Å²) in [7, 11) is 1.89. The summed E-state index contributed by atoms with van der Waals surface area (Å²) in [5.41, 5.74) is 12.4. The molecule has 94 valence electrons. The van der Waals surface area contributed by atoms with Crippen LogP contribution in [0.3, 0.4) is 0 Å². The number of hydrogen-bond acceptors (Lipinski definition) is 4. The summed E-state index contributed by atoms with van der Waals surface area (Å²) in [4.78, 5) is 13.1. The summed E-state index contributed by atoms with van der Waals surface area (Å²) < 4.78 is 0. The fourth-order valence-corrected chi connectivity index (χ4v) is 1.50. The summed E-state index contributed by atoms with van der Waals surface area (Å²) in [5, 5.41) is 9.21. The fraction of sp³-hybridized carbons (Fsp3) is 0.417. The van der Waals surface area contributed by atoms with Crippen molar-refractivity contribution in [3.8, 4) is 0 Å². The highest BCUT2D eigenvalue weighted by molar-refractivity contribution is 5.99. The molecule has 0 saturated carbocycles. The first-order chi connectivity index (χ1) is 7.91. The predicted molar refractivity (Wildman–Crippen MR) is 68.9 cm³/mol. The van der Waals surface area contributed by atoms with E-state index < -0.39 is 5.91 Å². The van der Waals surface area contributed by atoms with Crippen LogP contribution in [0.5, 0.6) is 0 Å². The van der Waals surface area contributed by atoms with E-state index in [1.54, 1.807) is 19.1 Å². The molecule has 0 aliphatic carbocycles. The van der Waals surface area contributed by atoms with Gasteiger partial charge in [-0.2, -0.15) is 0 Å². The molecule has 0 aliphatic rings. The highest BCUT2D eigenvalue weighted by Gasteiger charge is 2.09. The van der Waals surface area contributed by atoms with Gasteiger partial charge in [0.2, 0.25) is 0 Å². The van der Waals surface area contributed by atoms with Crippen molar-refractivity contribution in [2.75, 3.05) is 24.2 Å². The highest BCUT2D eigenvalue weighted by Crippen LogP contribution is 2.20. The van der Waals surface area contributed by atoms with Crippen molar-refractivity contribution in [2.45, 2.75) is 19.4 Å². The number of nitrogens with zero attached hydrogens (tertiary/aromatic N) is 1. The van der Waals surface area contributed by atoms with Crippen LogP contribution < -0.4 is 16.4 Å². The number of aliphatic hydroxyl groups is 1. The molecule has 17 heavy (non-hydrogen) atoms. The van der Waals surface area contributed by atoms with Crippen LogP contribution in [0.15, 0.2) is 18.2 Å². The first-order valence-electron chi connectivity index (χ1n) is 5.50. The zero-order valence-corrected chi connectivity index (χ0v) is 10.2. The summed E-state index contributed by atoms with van der Waals surface area (Å²) in [5.74, 6) is -0.534. The number of carbonyl (C=O) groups excluding carboxylic acids is 1. The number of amides is 1. The third-order valence-electron chi connectivity index (χ3n) is 2.63. The van der Waals surface area contributed by atoms with Gasteiger partial charge >= 0.3 is 0 Å². The second-order valence-electron chi connectivity index (χ2n) is 4.20. The van der Waals surface area contributed by atoms with E-state index in [1.807, 2.05) is 18.0 Å². The van der Waals surface area contributed by atoms with Gasteiger partial charge in [0.25, 0.3) is 5.91 Å². The lowest BCUT2D eigenvalue weighted by molar-refractivity contribution is 0.100. The Morgan fingerprint density at radius 3 is 2.71 bits per heavy atom. The number of nitrogen functional groups attached to an aromatic ring is 1. The minimum absolute atomic E-state index is 0.325. The molecule has 5 nitrogen and oxygen atoms in total. The molecule has 0 bridgehead atoms. The Bertz CT molecular complexity index is 405. The van der Waals surface area contributed by atoms with Crippen molar-refractivity contribution in [3.05, 3.63) is 23.8 Å². The summed E-state index contributed by atoms with van der Waals surface area (Å²) >= 11 is 0. The quantitative estimate of drug-likeness (QED) is 0.653. The fourth-order valence-electron chi connectivity index (χ4n) is 1.50. The van der Waals surface area contributed by atoms with Gasteiger partial charge in [-0.15, -0.1) is 0 Å². The van der Waals surface area contributed by atoms with Crippen LogP contribution in [0.1, 0.15) is 23.7 Å². The van der Waals surface area contributed by atoms with Crippen LogP contribution in [0, 0.1) is 0 Å². The Morgan fingerprint density at radius 1 is 1.53 bits per heavy atom. The van der Waals surface area contributed by atoms with Gasteiger partial charge in [0.1, 0.15) is 0 Å². The van der Waals surface area contributed by atoms with E-state index in [1.165, 1.54) is 0 Å². The van der Waals surface area contributed by atoms with Crippen molar-refractivity contribution >= 4 is 17.3 Å². The molecule has 0 aliphatic heterocycles. The van der Waals surface area contributed by atoms with Crippen molar-refractivity contribution < 1.29 is 9.90 Å². The van der Waals surface area contributed by atoms with E-state index in [0.29, 0.717) is 24.2 Å². The topological polar surface area (TPSA) is 92.6 Å². The van der Waals surface area contributed by atoms with E-state index in [0.717, 1.165) is 5.69 Å². The number of aliphatic hydroxyl groups excluding tert-OH is 1. The molecule has 1 aromatic carbocycles. The maximum Gasteiger partial charge on any atom is 0.250 e. The predicted octanol–water partition coefficient (Wildman–Crippen LogP) is 0.575. The number of nitrogens with two attached hydrogens (primary N) is 2. The van der Waals surface area contributed by atoms with Gasteiger partial charge in [-0.1, -0.05) is 0 Å². The molecule has 1 aromatic rings. The number of hydrogen-bond donors (Lipinski definition) is 3. The third kappa shape index (κ3) is 3.64. The maximum absolute atomic E-state index is 11.1. The van der Waals surface area contributed by atoms with Crippen LogP contribution in [0.25, 0.3) is 0 Å². The van der Waals surface area contributed by atoms with Crippen molar-refractivity contribution in [2.24, 2.45) is 5.73 Å². The SMILES string of the molecule is CC(O)CCN(C)c1ccc(N)c(C(N)=O)c1. The van der Waals surface area contributed by atoms with Gasteiger partial charge in [0.05, 0.1) is 11.7 Å². The average molecular weight is 237 g/mol. The number of anilines is 2. The first-order valence-corrected chi connectivity index (χ1v) is 5.50. The molecule has 5 heteroatoms. The number of rotatable bonds is 5. The molecule has 5 N–H and O–H groups in total. The smallest absolute Gasteiger partial charge is 0.250 e. The second kappa shape index (κ2) is 5.54. The molecule has 0 saturated heterocycles. The molecular weight excluding hydrogens is 218 g/mol. The molecule has 1 amide bonds. The molecule has 1 rings (SSSR count). The van der Waals surface area contributed by atoms with Crippen LogP contribution in [-0.2, 0) is 0 Å². The maximum atomic E-state index is 11.1. The van der Waals surface area contributed by atoms with Crippen LogP contribution in [-0.4, -0.2) is 30.7 Å². The van der Waals surface area contributed by atoms with Gasteiger partial charge in [0, 0.05) is 25.0 Å². The normalized spacial score (nSPS) is 12.2. The van der Waals surface area contributed by atoms with E-state index >= 15 is 0 Å². The van der Waals surface area contributed by atoms with Crippen molar-refractivity contribution in [1.29, 1.82) is 0 Å². The van der Waals surface area contributed by atoms with Gasteiger partial charge in [-0.3, -0.25) is 4.79 Å². The Labute approximate surface area is 101 Å². The molecule has 0 fully saturated rings. The Balaban J connectivity index is 2.84. The van der Waals surface area contributed by atoms with E-state index in [2.05, 4.69) is 0 Å².